The molecule has 0 radical (unpaired) electrons. The minimum Gasteiger partial charge on any atom is -0.496 e. The average Bonchev–Trinajstić information content (AvgIpc) is 2.37. The smallest absolute Gasteiger partial charge is 0.339 e. The molecule has 0 aliphatic carbocycles. The summed E-state index contributed by atoms with van der Waals surface area (Å²) in [5, 5.41) is 9.54. The minimum absolute atomic E-state index is 0.0184. The summed E-state index contributed by atoms with van der Waals surface area (Å²) < 4.78 is 4.96. The second-order valence-corrected chi connectivity index (χ2v) is 6.00. The molecule has 0 saturated heterocycles. The van der Waals surface area contributed by atoms with E-state index in [0.717, 1.165) is 5.75 Å². The van der Waals surface area contributed by atoms with Gasteiger partial charge in [-0.25, -0.2) is 4.79 Å². The average molecular weight is 282 g/mol. The van der Waals surface area contributed by atoms with Crippen molar-refractivity contribution in [2.24, 2.45) is 0 Å². The lowest BCUT2D eigenvalue weighted by Gasteiger charge is -2.08. The van der Waals surface area contributed by atoms with Crippen LogP contribution in [-0.4, -0.2) is 35.0 Å². The molecule has 104 valence electrons. The predicted octanol–water partition coefficient (Wildman–Crippen LogP) is 3.11. The van der Waals surface area contributed by atoms with E-state index in [1.54, 1.807) is 17.8 Å². The summed E-state index contributed by atoms with van der Waals surface area (Å²) in [5.74, 6) is -0.132. The van der Waals surface area contributed by atoms with Crippen molar-refractivity contribution in [1.82, 2.24) is 0 Å². The van der Waals surface area contributed by atoms with E-state index < -0.39 is 5.97 Å². The van der Waals surface area contributed by atoms with Crippen molar-refractivity contribution < 1.29 is 19.4 Å². The number of carboxylic acid groups (broad SMARTS) is 1. The third-order valence-corrected chi connectivity index (χ3v) is 3.64. The topological polar surface area (TPSA) is 63.6 Å². The molecule has 0 aliphatic rings. The molecule has 1 rings (SSSR count). The van der Waals surface area contributed by atoms with Crippen LogP contribution in [0.1, 0.15) is 41.0 Å². The molecular formula is C14H18O4S. The van der Waals surface area contributed by atoms with E-state index in [1.807, 2.05) is 0 Å². The summed E-state index contributed by atoms with van der Waals surface area (Å²) in [6.07, 6.45) is 0.411. The van der Waals surface area contributed by atoms with Crippen molar-refractivity contribution in [2.45, 2.75) is 25.5 Å². The Morgan fingerprint density at radius 3 is 2.58 bits per heavy atom. The molecule has 0 aliphatic heterocycles. The summed E-state index contributed by atoms with van der Waals surface area (Å²) in [7, 11) is 1.41. The molecule has 1 aromatic rings. The molecule has 0 spiro atoms. The molecule has 0 saturated carbocycles. The lowest BCUT2D eigenvalue weighted by atomic mass is 10.0. The molecule has 4 nitrogen and oxygen atoms in total. The standard InChI is InChI=1S/C14H18O4S/c1-9(2)19-7-6-12(15)10-4-5-13(18-3)11(8-10)14(16)17/h4-5,8-9H,6-7H2,1-3H3,(H,16,17). The normalized spacial score (nSPS) is 10.5. The van der Waals surface area contributed by atoms with Gasteiger partial charge in [0.25, 0.3) is 0 Å². The maximum absolute atomic E-state index is 12.0. The highest BCUT2D eigenvalue weighted by Crippen LogP contribution is 2.21. The number of methoxy groups -OCH3 is 1. The number of hydrogen-bond donors (Lipinski definition) is 1. The zero-order chi connectivity index (χ0) is 14.4. The van der Waals surface area contributed by atoms with Gasteiger partial charge in [0.1, 0.15) is 11.3 Å². The van der Waals surface area contributed by atoms with Crippen molar-refractivity contribution in [3.05, 3.63) is 29.3 Å². The molecular weight excluding hydrogens is 264 g/mol. The lowest BCUT2D eigenvalue weighted by molar-refractivity contribution is 0.0693. The Morgan fingerprint density at radius 2 is 2.05 bits per heavy atom. The highest BCUT2D eigenvalue weighted by Gasteiger charge is 2.15. The Hall–Kier alpha value is -1.49. The maximum atomic E-state index is 12.0. The third kappa shape index (κ3) is 4.59. The van der Waals surface area contributed by atoms with Crippen LogP contribution in [0.3, 0.4) is 0 Å². The highest BCUT2D eigenvalue weighted by molar-refractivity contribution is 7.99. The van der Waals surface area contributed by atoms with Gasteiger partial charge in [-0.3, -0.25) is 4.79 Å². The maximum Gasteiger partial charge on any atom is 0.339 e. The van der Waals surface area contributed by atoms with Gasteiger partial charge < -0.3 is 9.84 Å². The van der Waals surface area contributed by atoms with E-state index in [2.05, 4.69) is 13.8 Å². The van der Waals surface area contributed by atoms with Gasteiger partial charge in [-0.1, -0.05) is 13.8 Å². The molecule has 0 aromatic heterocycles. The fourth-order valence-corrected chi connectivity index (χ4v) is 2.35. The van der Waals surface area contributed by atoms with Crippen LogP contribution in [0.5, 0.6) is 5.75 Å². The van der Waals surface area contributed by atoms with Crippen molar-refractivity contribution in [2.75, 3.05) is 12.9 Å². The number of carboxylic acids is 1. The number of Topliss-reactive ketones (excluding diaryl/α,β-unsaturated/α-hetero) is 1. The number of benzene rings is 1. The van der Waals surface area contributed by atoms with E-state index in [1.165, 1.54) is 19.2 Å². The van der Waals surface area contributed by atoms with Gasteiger partial charge in [-0.15, -0.1) is 0 Å². The SMILES string of the molecule is COc1ccc(C(=O)CCSC(C)C)cc1C(=O)O. The van der Waals surface area contributed by atoms with Gasteiger partial charge in [-0.2, -0.15) is 11.8 Å². The Labute approximate surface area is 117 Å². The summed E-state index contributed by atoms with van der Waals surface area (Å²) >= 11 is 1.71. The largest absolute Gasteiger partial charge is 0.496 e. The first kappa shape index (κ1) is 15.6. The molecule has 0 bridgehead atoms. The van der Waals surface area contributed by atoms with Crippen molar-refractivity contribution in [1.29, 1.82) is 0 Å². The summed E-state index contributed by atoms with van der Waals surface area (Å²) in [5.41, 5.74) is 0.437. The highest BCUT2D eigenvalue weighted by atomic mass is 32.2. The van der Waals surface area contributed by atoms with Crippen LogP contribution in [0.25, 0.3) is 0 Å². The number of rotatable bonds is 7. The Balaban J connectivity index is 2.81. The molecule has 5 heteroatoms. The summed E-state index contributed by atoms with van der Waals surface area (Å²) in [4.78, 5) is 23.0. The first-order valence-electron chi connectivity index (χ1n) is 6.01. The zero-order valence-electron chi connectivity index (χ0n) is 11.3. The Morgan fingerprint density at radius 1 is 1.37 bits per heavy atom. The van der Waals surface area contributed by atoms with Gasteiger partial charge in [0.15, 0.2) is 5.78 Å². The summed E-state index contributed by atoms with van der Waals surface area (Å²) in [6.45, 7) is 4.15. The Bertz CT molecular complexity index is 469. The van der Waals surface area contributed by atoms with Gasteiger partial charge in [0, 0.05) is 17.7 Å². The molecule has 1 N–H and O–H groups in total. The predicted molar refractivity (Wildman–Crippen MR) is 76.5 cm³/mol. The van der Waals surface area contributed by atoms with Crippen LogP contribution in [0.4, 0.5) is 0 Å². The van der Waals surface area contributed by atoms with Crippen LogP contribution in [0.2, 0.25) is 0 Å². The quantitative estimate of drug-likeness (QED) is 0.778. The van der Waals surface area contributed by atoms with Gasteiger partial charge in [0.2, 0.25) is 0 Å². The van der Waals surface area contributed by atoms with Crippen LogP contribution < -0.4 is 4.74 Å². The van der Waals surface area contributed by atoms with Crippen LogP contribution in [-0.2, 0) is 0 Å². The summed E-state index contributed by atoms with van der Waals surface area (Å²) in [6, 6.07) is 4.50. The number of ether oxygens (including phenoxy) is 1. The monoisotopic (exact) mass is 282 g/mol. The van der Waals surface area contributed by atoms with Gasteiger partial charge >= 0.3 is 5.97 Å². The molecule has 0 atom stereocenters. The Kier molecular flexibility index (Phi) is 5.89. The van der Waals surface area contributed by atoms with Crippen molar-refractivity contribution in [3.8, 4) is 5.75 Å². The molecule has 0 unspecified atom stereocenters. The lowest BCUT2D eigenvalue weighted by Crippen LogP contribution is -2.06. The van der Waals surface area contributed by atoms with Crippen molar-refractivity contribution in [3.63, 3.8) is 0 Å². The third-order valence-electron chi connectivity index (χ3n) is 2.53. The van der Waals surface area contributed by atoms with Gasteiger partial charge in [-0.05, 0) is 23.4 Å². The number of hydrogen-bond acceptors (Lipinski definition) is 4. The number of ketones is 1. The number of aromatic carboxylic acids is 1. The minimum atomic E-state index is -1.09. The van der Waals surface area contributed by atoms with E-state index in [9.17, 15) is 9.59 Å². The fourth-order valence-electron chi connectivity index (χ4n) is 1.58. The molecule has 0 heterocycles. The molecule has 0 fully saturated rings. The van der Waals surface area contributed by atoms with E-state index >= 15 is 0 Å². The van der Waals surface area contributed by atoms with E-state index in [-0.39, 0.29) is 17.1 Å². The van der Waals surface area contributed by atoms with Crippen LogP contribution in [0.15, 0.2) is 18.2 Å². The molecule has 19 heavy (non-hydrogen) atoms. The van der Waals surface area contributed by atoms with Crippen molar-refractivity contribution >= 4 is 23.5 Å². The van der Waals surface area contributed by atoms with E-state index in [4.69, 9.17) is 9.84 Å². The second kappa shape index (κ2) is 7.19. The molecule has 0 amide bonds. The fraction of sp³-hybridized carbons (Fsp3) is 0.429. The van der Waals surface area contributed by atoms with Gasteiger partial charge in [0.05, 0.1) is 7.11 Å². The number of thioether (sulfide) groups is 1. The number of carbonyl (C=O) groups is 2. The second-order valence-electron chi connectivity index (χ2n) is 4.31. The first-order chi connectivity index (χ1) is 8.95. The van der Waals surface area contributed by atoms with E-state index in [0.29, 0.717) is 17.2 Å². The zero-order valence-corrected chi connectivity index (χ0v) is 12.1. The van der Waals surface area contributed by atoms with Crippen LogP contribution in [0, 0.1) is 0 Å². The number of carbonyl (C=O) groups excluding carboxylic acids is 1. The van der Waals surface area contributed by atoms with Crippen LogP contribution >= 0.6 is 11.8 Å². The molecule has 1 aromatic carbocycles. The first-order valence-corrected chi connectivity index (χ1v) is 7.06.